The van der Waals surface area contributed by atoms with Gasteiger partial charge < -0.3 is 28.7 Å². The van der Waals surface area contributed by atoms with Crippen LogP contribution < -0.4 is 0 Å². The summed E-state index contributed by atoms with van der Waals surface area (Å²) in [5.41, 5.74) is -0.0800. The maximum Gasteiger partial charge on any atom is 0.0593 e. The average molecular weight is 615 g/mol. The zero-order valence-corrected chi connectivity index (χ0v) is 30.2. The van der Waals surface area contributed by atoms with Crippen molar-refractivity contribution in [3.8, 4) is 0 Å². The molecule has 0 aliphatic rings. The molecule has 0 saturated carbocycles. The third-order valence-corrected chi connectivity index (χ3v) is 8.90. The van der Waals surface area contributed by atoms with Gasteiger partial charge in [0.1, 0.15) is 0 Å². The molecular formula is C37H78N2O4. The van der Waals surface area contributed by atoms with Gasteiger partial charge in [-0.2, -0.15) is 0 Å². The van der Waals surface area contributed by atoms with Crippen LogP contribution in [0.4, 0.5) is 0 Å². The standard InChI is InChI=1S/C37H78N2O4/c1-7-13-15-16-17-18-20-25-31-41-34-37(35-42-32-27-38(9-3)10-4,36-43-33-28-39(11-5)12-6)26-22-19-21-24-30-40-29-23-14-8-2/h7-36H2,1-6H3. The van der Waals surface area contributed by atoms with Crippen molar-refractivity contribution >= 4 is 0 Å². The fourth-order valence-electron chi connectivity index (χ4n) is 5.63. The normalized spacial score (nSPS) is 12.3. The highest BCUT2D eigenvalue weighted by atomic mass is 16.5. The van der Waals surface area contributed by atoms with E-state index in [1.165, 1.54) is 83.5 Å². The summed E-state index contributed by atoms with van der Waals surface area (Å²) in [5, 5.41) is 0. The Balaban J connectivity index is 4.94. The van der Waals surface area contributed by atoms with Crippen LogP contribution in [0.25, 0.3) is 0 Å². The van der Waals surface area contributed by atoms with Crippen molar-refractivity contribution in [1.29, 1.82) is 0 Å². The smallest absolute Gasteiger partial charge is 0.0593 e. The number of ether oxygens (including phenoxy) is 4. The largest absolute Gasteiger partial charge is 0.381 e. The number of nitrogens with zero attached hydrogens (tertiary/aromatic N) is 2. The van der Waals surface area contributed by atoms with Gasteiger partial charge in [-0.15, -0.1) is 0 Å². The van der Waals surface area contributed by atoms with E-state index in [1.54, 1.807) is 0 Å². The molecule has 6 heteroatoms. The van der Waals surface area contributed by atoms with Gasteiger partial charge in [0.05, 0.1) is 33.0 Å². The van der Waals surface area contributed by atoms with Crippen molar-refractivity contribution < 1.29 is 18.9 Å². The molecule has 260 valence electrons. The van der Waals surface area contributed by atoms with E-state index in [4.69, 9.17) is 18.9 Å². The molecule has 0 aliphatic heterocycles. The lowest BCUT2D eigenvalue weighted by atomic mass is 9.84. The highest BCUT2D eigenvalue weighted by Gasteiger charge is 2.31. The molecule has 0 fully saturated rings. The van der Waals surface area contributed by atoms with Crippen molar-refractivity contribution in [2.75, 3.05) is 92.1 Å². The fourth-order valence-corrected chi connectivity index (χ4v) is 5.63. The number of rotatable bonds is 36. The third-order valence-electron chi connectivity index (χ3n) is 8.90. The van der Waals surface area contributed by atoms with E-state index in [0.717, 1.165) is 111 Å². The lowest BCUT2D eigenvalue weighted by Crippen LogP contribution is -2.39. The van der Waals surface area contributed by atoms with Gasteiger partial charge in [0, 0.05) is 38.3 Å². The molecule has 0 atom stereocenters. The molecule has 0 spiro atoms. The van der Waals surface area contributed by atoms with Crippen molar-refractivity contribution in [2.45, 2.75) is 144 Å². The lowest BCUT2D eigenvalue weighted by molar-refractivity contribution is -0.0785. The number of unbranched alkanes of at least 4 members (excludes halogenated alkanes) is 12. The van der Waals surface area contributed by atoms with Gasteiger partial charge in [0.15, 0.2) is 0 Å². The second-order valence-corrected chi connectivity index (χ2v) is 12.7. The molecule has 0 radical (unpaired) electrons. The van der Waals surface area contributed by atoms with Crippen LogP contribution in [0.5, 0.6) is 0 Å². The summed E-state index contributed by atoms with van der Waals surface area (Å²) in [7, 11) is 0. The van der Waals surface area contributed by atoms with E-state index >= 15 is 0 Å². The Morgan fingerprint density at radius 3 is 1.19 bits per heavy atom. The van der Waals surface area contributed by atoms with Gasteiger partial charge in [-0.05, 0) is 51.9 Å². The van der Waals surface area contributed by atoms with E-state index in [9.17, 15) is 0 Å². The van der Waals surface area contributed by atoms with Crippen molar-refractivity contribution in [3.63, 3.8) is 0 Å². The first-order chi connectivity index (χ1) is 21.1. The lowest BCUT2D eigenvalue weighted by Gasteiger charge is -2.34. The Morgan fingerprint density at radius 2 is 0.721 bits per heavy atom. The van der Waals surface area contributed by atoms with Crippen LogP contribution in [0.1, 0.15) is 144 Å². The molecule has 0 unspecified atom stereocenters. The minimum absolute atomic E-state index is 0.0800. The van der Waals surface area contributed by atoms with Crippen LogP contribution in [-0.2, 0) is 18.9 Å². The monoisotopic (exact) mass is 615 g/mol. The molecule has 0 aliphatic carbocycles. The molecule has 0 amide bonds. The summed E-state index contributed by atoms with van der Waals surface area (Å²) in [4.78, 5) is 4.87. The van der Waals surface area contributed by atoms with Crippen LogP contribution >= 0.6 is 0 Å². The first kappa shape index (κ1) is 42.8. The van der Waals surface area contributed by atoms with Crippen LogP contribution in [0, 0.1) is 5.41 Å². The van der Waals surface area contributed by atoms with Gasteiger partial charge in [-0.25, -0.2) is 0 Å². The van der Waals surface area contributed by atoms with Gasteiger partial charge in [-0.3, -0.25) is 0 Å². The molecule has 0 aromatic rings. The Morgan fingerprint density at radius 1 is 0.372 bits per heavy atom. The third kappa shape index (κ3) is 26.7. The molecule has 43 heavy (non-hydrogen) atoms. The Bertz CT molecular complexity index is 483. The van der Waals surface area contributed by atoms with E-state index in [-0.39, 0.29) is 5.41 Å². The first-order valence-electron chi connectivity index (χ1n) is 18.9. The Labute approximate surface area is 270 Å². The summed E-state index contributed by atoms with van der Waals surface area (Å²) < 4.78 is 25.1. The number of likely N-dealkylation sites (N-methyl/N-ethyl adjacent to an activating group) is 2. The van der Waals surface area contributed by atoms with E-state index in [2.05, 4.69) is 51.3 Å². The SMILES string of the molecule is CCCCCCCCCCOCC(CCCCCCOCCCCC)(COCCN(CC)CC)COCCN(CC)CC. The van der Waals surface area contributed by atoms with E-state index in [0.29, 0.717) is 0 Å². The molecule has 0 aromatic heterocycles. The van der Waals surface area contributed by atoms with Crippen molar-refractivity contribution in [3.05, 3.63) is 0 Å². The minimum Gasteiger partial charge on any atom is -0.381 e. The topological polar surface area (TPSA) is 43.4 Å². The molecule has 0 bridgehead atoms. The zero-order valence-electron chi connectivity index (χ0n) is 30.2. The molecular weight excluding hydrogens is 536 g/mol. The van der Waals surface area contributed by atoms with Crippen LogP contribution in [-0.4, -0.2) is 102 Å². The first-order valence-corrected chi connectivity index (χ1v) is 18.9. The van der Waals surface area contributed by atoms with Gasteiger partial charge in [0.25, 0.3) is 0 Å². The fraction of sp³-hybridized carbons (Fsp3) is 1.00. The summed E-state index contributed by atoms with van der Waals surface area (Å²) in [6, 6.07) is 0. The number of hydrogen-bond acceptors (Lipinski definition) is 6. The Kier molecular flexibility index (Phi) is 32.9. The van der Waals surface area contributed by atoms with Gasteiger partial charge in [-0.1, -0.05) is 119 Å². The van der Waals surface area contributed by atoms with Crippen LogP contribution in [0.3, 0.4) is 0 Å². The Hall–Kier alpha value is -0.240. The maximum absolute atomic E-state index is 6.43. The van der Waals surface area contributed by atoms with E-state index in [1.807, 2.05) is 0 Å². The highest BCUT2D eigenvalue weighted by molar-refractivity contribution is 4.80. The number of hydrogen-bond donors (Lipinski definition) is 0. The second kappa shape index (κ2) is 33.1. The summed E-state index contributed by atoms with van der Waals surface area (Å²) in [6.45, 7) is 26.1. The van der Waals surface area contributed by atoms with Crippen molar-refractivity contribution in [1.82, 2.24) is 9.80 Å². The summed E-state index contributed by atoms with van der Waals surface area (Å²) in [5.74, 6) is 0. The predicted molar refractivity (Wildman–Crippen MR) is 187 cm³/mol. The average Bonchev–Trinajstić information content (AvgIpc) is 3.03. The summed E-state index contributed by atoms with van der Waals surface area (Å²) >= 11 is 0. The van der Waals surface area contributed by atoms with Crippen molar-refractivity contribution in [2.24, 2.45) is 5.41 Å². The molecule has 0 N–H and O–H groups in total. The van der Waals surface area contributed by atoms with E-state index < -0.39 is 0 Å². The molecule has 6 nitrogen and oxygen atoms in total. The second-order valence-electron chi connectivity index (χ2n) is 12.7. The zero-order chi connectivity index (χ0) is 31.7. The highest BCUT2D eigenvalue weighted by Crippen LogP contribution is 2.28. The molecule has 0 aromatic carbocycles. The predicted octanol–water partition coefficient (Wildman–Crippen LogP) is 9.00. The molecule has 0 saturated heterocycles. The van der Waals surface area contributed by atoms with Crippen LogP contribution in [0.2, 0.25) is 0 Å². The summed E-state index contributed by atoms with van der Waals surface area (Å²) in [6.07, 6.45) is 20.3. The maximum atomic E-state index is 6.43. The van der Waals surface area contributed by atoms with Gasteiger partial charge >= 0.3 is 0 Å². The quantitative estimate of drug-likeness (QED) is 0.0656. The minimum atomic E-state index is -0.0800. The van der Waals surface area contributed by atoms with Crippen LogP contribution in [0.15, 0.2) is 0 Å². The van der Waals surface area contributed by atoms with Gasteiger partial charge in [0.2, 0.25) is 0 Å². The molecule has 0 heterocycles. The molecule has 0 rings (SSSR count).